The van der Waals surface area contributed by atoms with Crippen molar-refractivity contribution in [1.29, 1.82) is 0 Å². The Kier molecular flexibility index (Phi) is 6.90. The van der Waals surface area contributed by atoms with Crippen molar-refractivity contribution in [3.63, 3.8) is 0 Å². The van der Waals surface area contributed by atoms with Crippen LogP contribution >= 0.6 is 0 Å². The van der Waals surface area contributed by atoms with Gasteiger partial charge in [-0.25, -0.2) is 0 Å². The molecule has 0 aromatic carbocycles. The predicted molar refractivity (Wildman–Crippen MR) is 78.4 cm³/mol. The van der Waals surface area contributed by atoms with Crippen LogP contribution < -0.4 is 5.73 Å². The van der Waals surface area contributed by atoms with Crippen LogP contribution in [0, 0.1) is 5.41 Å². The van der Waals surface area contributed by atoms with Gasteiger partial charge in [0, 0.05) is 18.1 Å². The maximum Gasteiger partial charge on any atom is 0.225 e. The molecule has 0 fully saturated rings. The fourth-order valence-corrected chi connectivity index (χ4v) is 3.44. The van der Waals surface area contributed by atoms with E-state index in [0.29, 0.717) is 12.1 Å². The Balaban J connectivity index is 5.54. The second-order valence-corrected chi connectivity index (χ2v) is 5.79. The summed E-state index contributed by atoms with van der Waals surface area (Å²) in [6.45, 7) is 15.1. The van der Waals surface area contributed by atoms with Gasteiger partial charge in [0.15, 0.2) is 0 Å². The summed E-state index contributed by atoms with van der Waals surface area (Å²) >= 11 is 0. The molecule has 3 nitrogen and oxygen atoms in total. The Morgan fingerprint density at radius 1 is 1.06 bits per heavy atom. The van der Waals surface area contributed by atoms with Gasteiger partial charge in [-0.15, -0.1) is 0 Å². The van der Waals surface area contributed by atoms with E-state index >= 15 is 0 Å². The van der Waals surface area contributed by atoms with Gasteiger partial charge in [0.2, 0.25) is 5.91 Å². The lowest BCUT2D eigenvalue weighted by molar-refractivity contribution is -0.134. The first-order valence-electron chi connectivity index (χ1n) is 7.35. The molecule has 0 radical (unpaired) electrons. The number of carbonyl (C=O) groups is 1. The van der Waals surface area contributed by atoms with E-state index in [-0.39, 0.29) is 11.9 Å². The van der Waals surface area contributed by atoms with E-state index in [4.69, 9.17) is 5.73 Å². The quantitative estimate of drug-likeness (QED) is 0.725. The molecule has 108 valence electrons. The van der Waals surface area contributed by atoms with Gasteiger partial charge in [0.1, 0.15) is 0 Å². The first-order valence-corrected chi connectivity index (χ1v) is 7.35. The normalized spacial score (nSPS) is 14.6. The van der Waals surface area contributed by atoms with E-state index in [1.807, 2.05) is 0 Å². The van der Waals surface area contributed by atoms with Crippen LogP contribution in [0.15, 0.2) is 0 Å². The minimum Gasteiger partial charge on any atom is -0.369 e. The van der Waals surface area contributed by atoms with Crippen molar-refractivity contribution in [1.82, 2.24) is 4.90 Å². The standard InChI is InChI=1S/C15H32N2O/c1-8-13(17(11(4)5)12(6)7)15(9-2,10-3)14(16)18/h11-13H,8-10H2,1-7H3,(H2,16,18). The molecule has 0 aromatic heterocycles. The first kappa shape index (κ1) is 17.4. The SMILES string of the molecule is CCC(N(C(C)C)C(C)C)C(CC)(CC)C(N)=O. The van der Waals surface area contributed by atoms with Crippen molar-refractivity contribution in [2.24, 2.45) is 11.1 Å². The lowest BCUT2D eigenvalue weighted by Crippen LogP contribution is -2.57. The molecule has 3 heteroatoms. The minimum absolute atomic E-state index is 0.148. The number of nitrogens with zero attached hydrogens (tertiary/aromatic N) is 1. The predicted octanol–water partition coefficient (Wildman–Crippen LogP) is 3.18. The Morgan fingerprint density at radius 3 is 1.61 bits per heavy atom. The molecule has 0 heterocycles. The van der Waals surface area contributed by atoms with Gasteiger partial charge in [0.05, 0.1) is 5.41 Å². The average Bonchev–Trinajstić information content (AvgIpc) is 2.28. The fraction of sp³-hybridized carbons (Fsp3) is 0.933. The van der Waals surface area contributed by atoms with Crippen molar-refractivity contribution >= 4 is 5.91 Å². The Morgan fingerprint density at radius 2 is 1.44 bits per heavy atom. The summed E-state index contributed by atoms with van der Waals surface area (Å²) in [5, 5.41) is 0. The molecule has 0 spiro atoms. The van der Waals surface area contributed by atoms with Crippen molar-refractivity contribution in [2.45, 2.75) is 85.9 Å². The highest BCUT2D eigenvalue weighted by Crippen LogP contribution is 2.37. The number of rotatable bonds is 8. The lowest BCUT2D eigenvalue weighted by atomic mass is 9.72. The summed E-state index contributed by atoms with van der Waals surface area (Å²) in [5.74, 6) is -0.148. The summed E-state index contributed by atoms with van der Waals surface area (Å²) in [6.07, 6.45) is 2.58. The molecule has 0 bridgehead atoms. The van der Waals surface area contributed by atoms with E-state index in [2.05, 4.69) is 53.4 Å². The molecule has 0 aliphatic heterocycles. The van der Waals surface area contributed by atoms with Gasteiger partial charge < -0.3 is 5.73 Å². The van der Waals surface area contributed by atoms with Gasteiger partial charge in [-0.2, -0.15) is 0 Å². The Hall–Kier alpha value is -0.570. The maximum absolute atomic E-state index is 12.0. The monoisotopic (exact) mass is 256 g/mol. The number of hydrogen-bond donors (Lipinski definition) is 1. The Bertz CT molecular complexity index is 249. The van der Waals surface area contributed by atoms with Gasteiger partial charge in [-0.05, 0) is 47.0 Å². The van der Waals surface area contributed by atoms with Crippen LogP contribution in [0.5, 0.6) is 0 Å². The smallest absolute Gasteiger partial charge is 0.225 e. The molecule has 1 unspecified atom stereocenters. The van der Waals surface area contributed by atoms with Crippen LogP contribution in [0.4, 0.5) is 0 Å². The highest BCUT2D eigenvalue weighted by Gasteiger charge is 2.44. The zero-order chi connectivity index (χ0) is 14.5. The molecule has 0 aliphatic carbocycles. The molecule has 2 N–H and O–H groups in total. The van der Waals surface area contributed by atoms with Crippen LogP contribution in [-0.2, 0) is 4.79 Å². The van der Waals surface area contributed by atoms with Crippen LogP contribution in [0.1, 0.15) is 67.7 Å². The highest BCUT2D eigenvalue weighted by atomic mass is 16.1. The second-order valence-electron chi connectivity index (χ2n) is 5.79. The zero-order valence-electron chi connectivity index (χ0n) is 13.3. The summed E-state index contributed by atoms with van der Waals surface area (Å²) < 4.78 is 0. The van der Waals surface area contributed by atoms with Crippen molar-refractivity contribution < 1.29 is 4.79 Å². The third-order valence-electron chi connectivity index (χ3n) is 4.33. The first-order chi connectivity index (χ1) is 8.28. The summed E-state index contributed by atoms with van der Waals surface area (Å²) in [7, 11) is 0. The number of amides is 1. The lowest BCUT2D eigenvalue weighted by Gasteiger charge is -2.47. The van der Waals surface area contributed by atoms with E-state index in [1.54, 1.807) is 0 Å². The Labute approximate surface area is 113 Å². The zero-order valence-corrected chi connectivity index (χ0v) is 13.3. The molecule has 1 amide bonds. The average molecular weight is 256 g/mol. The van der Waals surface area contributed by atoms with Crippen LogP contribution in [0.25, 0.3) is 0 Å². The van der Waals surface area contributed by atoms with Gasteiger partial charge in [-0.1, -0.05) is 20.8 Å². The van der Waals surface area contributed by atoms with Crippen LogP contribution in [-0.4, -0.2) is 28.9 Å². The minimum atomic E-state index is -0.400. The van der Waals surface area contributed by atoms with E-state index in [9.17, 15) is 4.79 Å². The number of primary amides is 1. The van der Waals surface area contributed by atoms with E-state index in [0.717, 1.165) is 19.3 Å². The van der Waals surface area contributed by atoms with Crippen molar-refractivity contribution in [3.8, 4) is 0 Å². The summed E-state index contributed by atoms with van der Waals surface area (Å²) in [6, 6.07) is 1.07. The number of nitrogens with two attached hydrogens (primary N) is 1. The van der Waals surface area contributed by atoms with Crippen LogP contribution in [0.2, 0.25) is 0 Å². The molecule has 0 aromatic rings. The highest BCUT2D eigenvalue weighted by molar-refractivity contribution is 5.81. The fourth-order valence-electron chi connectivity index (χ4n) is 3.44. The molecule has 0 saturated carbocycles. The largest absolute Gasteiger partial charge is 0.369 e. The molecule has 0 saturated heterocycles. The van der Waals surface area contributed by atoms with Crippen molar-refractivity contribution in [2.75, 3.05) is 0 Å². The number of hydrogen-bond acceptors (Lipinski definition) is 2. The van der Waals surface area contributed by atoms with E-state index in [1.165, 1.54) is 0 Å². The van der Waals surface area contributed by atoms with Crippen molar-refractivity contribution in [3.05, 3.63) is 0 Å². The summed E-state index contributed by atoms with van der Waals surface area (Å²) in [4.78, 5) is 14.5. The van der Waals surface area contributed by atoms with Crippen LogP contribution in [0.3, 0.4) is 0 Å². The maximum atomic E-state index is 12.0. The molecular formula is C15H32N2O. The molecular weight excluding hydrogens is 224 g/mol. The third-order valence-corrected chi connectivity index (χ3v) is 4.33. The molecule has 0 aliphatic rings. The number of carbonyl (C=O) groups excluding carboxylic acids is 1. The second kappa shape index (κ2) is 7.13. The van der Waals surface area contributed by atoms with E-state index < -0.39 is 5.41 Å². The molecule has 18 heavy (non-hydrogen) atoms. The summed E-state index contributed by atoms with van der Waals surface area (Å²) in [5.41, 5.74) is 5.34. The topological polar surface area (TPSA) is 46.3 Å². The van der Waals surface area contributed by atoms with Gasteiger partial charge >= 0.3 is 0 Å². The molecule has 0 rings (SSSR count). The van der Waals surface area contributed by atoms with Gasteiger partial charge in [-0.3, -0.25) is 9.69 Å². The third kappa shape index (κ3) is 3.25. The molecule has 1 atom stereocenters. The van der Waals surface area contributed by atoms with Gasteiger partial charge in [0.25, 0.3) is 0 Å².